The summed E-state index contributed by atoms with van der Waals surface area (Å²) in [4.78, 5) is 0. The number of H-pyrrole nitrogens is 1. The van der Waals surface area contributed by atoms with Gasteiger partial charge in [0.1, 0.15) is 13.8 Å². The molecular weight excluding hydrogens is 210 g/mol. The van der Waals surface area contributed by atoms with Crippen LogP contribution in [0.2, 0.25) is 19.6 Å². The second-order valence-electron chi connectivity index (χ2n) is 4.28. The van der Waals surface area contributed by atoms with Gasteiger partial charge in [-0.15, -0.1) is 0 Å². The summed E-state index contributed by atoms with van der Waals surface area (Å²) in [7, 11) is -1.38. The van der Waals surface area contributed by atoms with E-state index >= 15 is 0 Å². The van der Waals surface area contributed by atoms with Crippen LogP contribution in [-0.4, -0.2) is 23.5 Å². The van der Waals surface area contributed by atoms with Crippen molar-refractivity contribution in [2.45, 2.75) is 19.6 Å². The summed E-state index contributed by atoms with van der Waals surface area (Å²) in [5.74, 6) is 0. The number of aromatic nitrogens is 3. The molecule has 0 aromatic carbocycles. The van der Waals surface area contributed by atoms with E-state index in [-0.39, 0.29) is 0 Å². The Labute approximate surface area is 88.2 Å². The first-order valence-corrected chi connectivity index (χ1v) is 8.97. The number of nitrogens with one attached hydrogen (secondary N) is 1. The molecule has 0 saturated heterocycles. The third-order valence-electron chi connectivity index (χ3n) is 2.05. The number of aromatic amines is 1. The average molecular weight is 223 g/mol. The molecule has 2 rings (SSSR count). The zero-order chi connectivity index (χ0) is 10.2. The largest absolute Gasteiger partial charge is 0.198 e. The lowest BCUT2D eigenvalue weighted by molar-refractivity contribution is 0.947. The second kappa shape index (κ2) is 3.32. The van der Waals surface area contributed by atoms with E-state index in [0.29, 0.717) is 0 Å². The van der Waals surface area contributed by atoms with Crippen molar-refractivity contribution in [1.82, 2.24) is 15.4 Å². The summed E-state index contributed by atoms with van der Waals surface area (Å²) in [6.45, 7) is 6.84. The van der Waals surface area contributed by atoms with Gasteiger partial charge in [0, 0.05) is 10.9 Å². The first-order valence-electron chi connectivity index (χ1n) is 4.53. The molecule has 0 aliphatic rings. The smallest absolute Gasteiger partial charge is 0.112 e. The van der Waals surface area contributed by atoms with E-state index in [9.17, 15) is 0 Å². The summed E-state index contributed by atoms with van der Waals surface area (Å²) in [6.07, 6.45) is 0. The minimum absolute atomic E-state index is 1.03. The van der Waals surface area contributed by atoms with Gasteiger partial charge in [0.05, 0.1) is 5.32 Å². The Kier molecular flexibility index (Phi) is 2.28. The summed E-state index contributed by atoms with van der Waals surface area (Å²) >= 11 is 1.69. The molecule has 3 nitrogen and oxygen atoms in total. The van der Waals surface area contributed by atoms with E-state index in [0.717, 1.165) is 11.0 Å². The van der Waals surface area contributed by atoms with Crippen molar-refractivity contribution in [3.8, 4) is 11.3 Å². The molecule has 0 radical (unpaired) electrons. The van der Waals surface area contributed by atoms with Crippen LogP contribution in [0.3, 0.4) is 0 Å². The molecule has 0 spiro atoms. The quantitative estimate of drug-likeness (QED) is 0.792. The van der Waals surface area contributed by atoms with Gasteiger partial charge in [-0.1, -0.05) is 19.6 Å². The predicted octanol–water partition coefficient (Wildman–Crippen LogP) is 2.08. The fourth-order valence-electron chi connectivity index (χ4n) is 1.35. The minimum Gasteiger partial charge on any atom is -0.198 e. The monoisotopic (exact) mass is 223 g/mol. The molecule has 2 aromatic rings. The van der Waals surface area contributed by atoms with Gasteiger partial charge in [0.15, 0.2) is 0 Å². The van der Waals surface area contributed by atoms with Crippen LogP contribution in [0, 0.1) is 0 Å². The van der Waals surface area contributed by atoms with Crippen LogP contribution in [0.5, 0.6) is 0 Å². The van der Waals surface area contributed by atoms with Crippen molar-refractivity contribution in [3.63, 3.8) is 0 Å². The Morgan fingerprint density at radius 1 is 1.29 bits per heavy atom. The number of thiophene rings is 1. The van der Waals surface area contributed by atoms with Crippen LogP contribution in [-0.2, 0) is 0 Å². The average Bonchev–Trinajstić information content (AvgIpc) is 2.73. The maximum Gasteiger partial charge on any atom is 0.112 e. The summed E-state index contributed by atoms with van der Waals surface area (Å²) in [6, 6.07) is 2.09. The Hall–Kier alpha value is -0.943. The zero-order valence-electron chi connectivity index (χ0n) is 8.53. The van der Waals surface area contributed by atoms with Crippen LogP contribution in [0.15, 0.2) is 16.8 Å². The Balaban J connectivity index is 2.51. The fourth-order valence-corrected chi connectivity index (χ4v) is 3.29. The zero-order valence-corrected chi connectivity index (χ0v) is 10.4. The van der Waals surface area contributed by atoms with Gasteiger partial charge in [0.25, 0.3) is 0 Å². The summed E-state index contributed by atoms with van der Waals surface area (Å²) in [5, 5.41) is 16.6. The standard InChI is InChI=1S/C9H13N3SSi/c1-14(2,3)9-8(10-12-11-9)7-4-5-13-6-7/h4-6H,1-3H3,(H,10,11,12). The van der Waals surface area contributed by atoms with Crippen molar-refractivity contribution < 1.29 is 0 Å². The molecule has 0 aliphatic carbocycles. The van der Waals surface area contributed by atoms with Crippen molar-refractivity contribution in [1.29, 1.82) is 0 Å². The number of hydrogen-bond donors (Lipinski definition) is 1. The maximum atomic E-state index is 4.27. The normalized spacial score (nSPS) is 11.9. The van der Waals surface area contributed by atoms with Crippen LogP contribution >= 0.6 is 11.3 Å². The third-order valence-corrected chi connectivity index (χ3v) is 4.51. The van der Waals surface area contributed by atoms with Crippen LogP contribution in [0.1, 0.15) is 0 Å². The van der Waals surface area contributed by atoms with E-state index in [2.05, 4.69) is 51.9 Å². The molecule has 0 amide bonds. The number of rotatable bonds is 2. The van der Waals surface area contributed by atoms with Gasteiger partial charge < -0.3 is 0 Å². The molecule has 1 N–H and O–H groups in total. The molecular formula is C9H13N3SSi. The highest BCUT2D eigenvalue weighted by Gasteiger charge is 2.25. The highest BCUT2D eigenvalue weighted by atomic mass is 32.1. The van der Waals surface area contributed by atoms with Crippen molar-refractivity contribution >= 4 is 24.7 Å². The van der Waals surface area contributed by atoms with Crippen LogP contribution in [0.4, 0.5) is 0 Å². The van der Waals surface area contributed by atoms with E-state index in [4.69, 9.17) is 0 Å². The Bertz CT molecular complexity index is 413. The lowest BCUT2D eigenvalue weighted by Crippen LogP contribution is -2.40. The van der Waals surface area contributed by atoms with Gasteiger partial charge in [-0.3, -0.25) is 0 Å². The third kappa shape index (κ3) is 1.65. The van der Waals surface area contributed by atoms with Crippen molar-refractivity contribution in [2.75, 3.05) is 0 Å². The van der Waals surface area contributed by atoms with Crippen LogP contribution in [0.25, 0.3) is 11.3 Å². The molecule has 2 aromatic heterocycles. The summed E-state index contributed by atoms with van der Waals surface area (Å²) < 4.78 is 0. The highest BCUT2D eigenvalue weighted by molar-refractivity contribution is 7.08. The van der Waals surface area contributed by atoms with E-state index in [1.165, 1.54) is 5.56 Å². The second-order valence-corrected chi connectivity index (χ2v) is 10.0. The Morgan fingerprint density at radius 3 is 2.64 bits per heavy atom. The molecule has 0 unspecified atom stereocenters. The molecule has 2 heterocycles. The molecule has 5 heteroatoms. The van der Waals surface area contributed by atoms with Gasteiger partial charge in [-0.2, -0.15) is 26.7 Å². The lowest BCUT2D eigenvalue weighted by Gasteiger charge is -2.12. The molecule has 0 fully saturated rings. The molecule has 0 bridgehead atoms. The molecule has 74 valence electrons. The maximum absolute atomic E-state index is 4.27. The van der Waals surface area contributed by atoms with Gasteiger partial charge in [-0.25, -0.2) is 0 Å². The van der Waals surface area contributed by atoms with Gasteiger partial charge in [-0.05, 0) is 11.4 Å². The lowest BCUT2D eigenvalue weighted by atomic mass is 10.3. The Morgan fingerprint density at radius 2 is 2.07 bits per heavy atom. The predicted molar refractivity (Wildman–Crippen MR) is 62.7 cm³/mol. The highest BCUT2D eigenvalue weighted by Crippen LogP contribution is 2.19. The van der Waals surface area contributed by atoms with Gasteiger partial charge >= 0.3 is 0 Å². The van der Waals surface area contributed by atoms with Gasteiger partial charge in [0.2, 0.25) is 0 Å². The topological polar surface area (TPSA) is 41.6 Å². The van der Waals surface area contributed by atoms with Crippen molar-refractivity contribution in [2.24, 2.45) is 0 Å². The first-order chi connectivity index (χ1) is 6.59. The van der Waals surface area contributed by atoms with E-state index < -0.39 is 8.07 Å². The fraction of sp³-hybridized carbons (Fsp3) is 0.333. The SMILES string of the molecule is C[Si](C)(C)c1n[nH]nc1-c1ccsc1. The number of hydrogen-bond acceptors (Lipinski definition) is 3. The molecule has 0 aliphatic heterocycles. The van der Waals surface area contributed by atoms with E-state index in [1.807, 2.05) is 0 Å². The number of nitrogens with zero attached hydrogens (tertiary/aromatic N) is 2. The minimum atomic E-state index is -1.38. The molecule has 0 atom stereocenters. The summed E-state index contributed by atoms with van der Waals surface area (Å²) in [5.41, 5.74) is 2.21. The van der Waals surface area contributed by atoms with Crippen LogP contribution < -0.4 is 5.32 Å². The van der Waals surface area contributed by atoms with E-state index in [1.54, 1.807) is 11.3 Å². The first kappa shape index (κ1) is 9.61. The molecule has 14 heavy (non-hydrogen) atoms. The molecule has 0 saturated carbocycles. The van der Waals surface area contributed by atoms with Crippen molar-refractivity contribution in [3.05, 3.63) is 16.8 Å².